The van der Waals surface area contributed by atoms with Gasteiger partial charge in [-0.3, -0.25) is 0 Å². The standard InChI is InChI=1S/C15H11ClFN3O/c16-13-5-4-11(18)8-12(13)15-19-14(20-21-15)7-9-2-1-3-10(17)6-9/h1-6,8H,7,18H2. The van der Waals surface area contributed by atoms with Crippen LogP contribution in [-0.4, -0.2) is 10.1 Å². The number of halogens is 2. The van der Waals surface area contributed by atoms with E-state index in [-0.39, 0.29) is 5.82 Å². The molecule has 1 heterocycles. The monoisotopic (exact) mass is 303 g/mol. The molecule has 0 aliphatic heterocycles. The second kappa shape index (κ2) is 5.54. The molecule has 21 heavy (non-hydrogen) atoms. The Labute approximate surface area is 125 Å². The van der Waals surface area contributed by atoms with E-state index in [1.54, 1.807) is 30.3 Å². The Morgan fingerprint density at radius 1 is 1.19 bits per heavy atom. The average molecular weight is 304 g/mol. The average Bonchev–Trinajstić information content (AvgIpc) is 2.90. The van der Waals surface area contributed by atoms with Gasteiger partial charge in [0.2, 0.25) is 0 Å². The quantitative estimate of drug-likeness (QED) is 0.749. The van der Waals surface area contributed by atoms with Gasteiger partial charge in [-0.1, -0.05) is 28.9 Å². The lowest BCUT2D eigenvalue weighted by Crippen LogP contribution is -1.92. The molecule has 0 saturated carbocycles. The van der Waals surface area contributed by atoms with E-state index in [1.165, 1.54) is 12.1 Å². The molecule has 0 aliphatic rings. The molecular weight excluding hydrogens is 293 g/mol. The molecule has 0 fully saturated rings. The maximum atomic E-state index is 13.1. The minimum Gasteiger partial charge on any atom is -0.399 e. The molecule has 0 saturated heterocycles. The van der Waals surface area contributed by atoms with Crippen LogP contribution in [0.4, 0.5) is 10.1 Å². The molecule has 3 aromatic rings. The van der Waals surface area contributed by atoms with Gasteiger partial charge < -0.3 is 10.3 Å². The molecule has 1 aromatic heterocycles. The molecule has 0 spiro atoms. The number of aromatic nitrogens is 2. The molecule has 3 rings (SSSR count). The number of nitrogen functional groups attached to an aromatic ring is 1. The molecule has 2 aromatic carbocycles. The number of hydrogen-bond donors (Lipinski definition) is 1. The lowest BCUT2D eigenvalue weighted by atomic mass is 10.1. The lowest BCUT2D eigenvalue weighted by molar-refractivity contribution is 0.424. The predicted octanol–water partition coefficient (Wildman–Crippen LogP) is 3.70. The first kappa shape index (κ1) is 13.6. The fourth-order valence-corrected chi connectivity index (χ4v) is 2.17. The third-order valence-corrected chi connectivity index (χ3v) is 3.27. The maximum Gasteiger partial charge on any atom is 0.259 e. The topological polar surface area (TPSA) is 64.9 Å². The Bertz CT molecular complexity index is 788. The highest BCUT2D eigenvalue weighted by Gasteiger charge is 2.13. The largest absolute Gasteiger partial charge is 0.399 e. The highest BCUT2D eigenvalue weighted by atomic mass is 35.5. The lowest BCUT2D eigenvalue weighted by Gasteiger charge is -1.99. The van der Waals surface area contributed by atoms with Crippen LogP contribution in [0.2, 0.25) is 5.02 Å². The summed E-state index contributed by atoms with van der Waals surface area (Å²) < 4.78 is 18.3. The highest BCUT2D eigenvalue weighted by Crippen LogP contribution is 2.28. The van der Waals surface area contributed by atoms with Crippen molar-refractivity contribution in [3.63, 3.8) is 0 Å². The van der Waals surface area contributed by atoms with Gasteiger partial charge in [-0.25, -0.2) is 4.39 Å². The number of nitrogens with zero attached hydrogens (tertiary/aromatic N) is 2. The second-order valence-electron chi connectivity index (χ2n) is 4.56. The van der Waals surface area contributed by atoms with E-state index in [0.29, 0.717) is 34.4 Å². The number of rotatable bonds is 3. The van der Waals surface area contributed by atoms with Gasteiger partial charge in [0.15, 0.2) is 5.82 Å². The Morgan fingerprint density at radius 2 is 2.05 bits per heavy atom. The molecule has 0 aliphatic carbocycles. The number of anilines is 1. The predicted molar refractivity (Wildman–Crippen MR) is 78.4 cm³/mol. The van der Waals surface area contributed by atoms with Gasteiger partial charge in [0.25, 0.3) is 5.89 Å². The van der Waals surface area contributed by atoms with E-state index in [1.807, 2.05) is 0 Å². The van der Waals surface area contributed by atoms with Crippen LogP contribution in [0.15, 0.2) is 47.0 Å². The number of hydrogen-bond acceptors (Lipinski definition) is 4. The van der Waals surface area contributed by atoms with Crippen LogP contribution in [0.5, 0.6) is 0 Å². The van der Waals surface area contributed by atoms with E-state index in [0.717, 1.165) is 5.56 Å². The van der Waals surface area contributed by atoms with Gasteiger partial charge in [0.1, 0.15) is 5.82 Å². The van der Waals surface area contributed by atoms with E-state index in [4.69, 9.17) is 21.9 Å². The second-order valence-corrected chi connectivity index (χ2v) is 4.97. The minimum absolute atomic E-state index is 0.290. The van der Waals surface area contributed by atoms with Crippen LogP contribution in [-0.2, 0) is 6.42 Å². The van der Waals surface area contributed by atoms with Gasteiger partial charge in [-0.05, 0) is 35.9 Å². The zero-order valence-electron chi connectivity index (χ0n) is 10.9. The number of nitrogens with two attached hydrogens (primary N) is 1. The van der Waals surface area contributed by atoms with Crippen molar-refractivity contribution in [2.75, 3.05) is 5.73 Å². The van der Waals surface area contributed by atoms with Crippen LogP contribution in [0.25, 0.3) is 11.5 Å². The van der Waals surface area contributed by atoms with Gasteiger partial charge >= 0.3 is 0 Å². The third kappa shape index (κ3) is 3.03. The fourth-order valence-electron chi connectivity index (χ4n) is 1.97. The summed E-state index contributed by atoms with van der Waals surface area (Å²) in [4.78, 5) is 4.27. The molecule has 6 heteroatoms. The minimum atomic E-state index is -0.296. The summed E-state index contributed by atoms with van der Waals surface area (Å²) in [5.41, 5.74) is 7.62. The third-order valence-electron chi connectivity index (χ3n) is 2.94. The SMILES string of the molecule is Nc1ccc(Cl)c(-c2nc(Cc3cccc(F)c3)no2)c1. The molecule has 0 bridgehead atoms. The molecule has 106 valence electrons. The summed E-state index contributed by atoms with van der Waals surface area (Å²) in [7, 11) is 0. The molecule has 0 amide bonds. The van der Waals surface area contributed by atoms with Crippen molar-refractivity contribution in [1.82, 2.24) is 10.1 Å². The Hall–Kier alpha value is -2.40. The van der Waals surface area contributed by atoms with Crippen molar-refractivity contribution in [2.24, 2.45) is 0 Å². The smallest absolute Gasteiger partial charge is 0.259 e. The van der Waals surface area contributed by atoms with Crippen LogP contribution >= 0.6 is 11.6 Å². The van der Waals surface area contributed by atoms with Gasteiger partial charge in [-0.2, -0.15) is 4.98 Å². The van der Waals surface area contributed by atoms with Crippen molar-refractivity contribution in [2.45, 2.75) is 6.42 Å². The van der Waals surface area contributed by atoms with E-state index < -0.39 is 0 Å². The summed E-state index contributed by atoms with van der Waals surface area (Å²) in [5.74, 6) is 0.447. The summed E-state index contributed by atoms with van der Waals surface area (Å²) in [6, 6.07) is 11.3. The van der Waals surface area contributed by atoms with Crippen molar-refractivity contribution in [1.29, 1.82) is 0 Å². The van der Waals surface area contributed by atoms with Crippen molar-refractivity contribution in [3.05, 3.63) is 64.7 Å². The number of benzene rings is 2. The Balaban J connectivity index is 1.88. The Kier molecular flexibility index (Phi) is 3.58. The first-order chi connectivity index (χ1) is 10.1. The van der Waals surface area contributed by atoms with Crippen LogP contribution in [0.3, 0.4) is 0 Å². The normalized spacial score (nSPS) is 10.8. The first-order valence-electron chi connectivity index (χ1n) is 6.24. The molecular formula is C15H11ClFN3O. The van der Waals surface area contributed by atoms with Gasteiger partial charge in [-0.15, -0.1) is 0 Å². The first-order valence-corrected chi connectivity index (χ1v) is 6.62. The zero-order chi connectivity index (χ0) is 14.8. The molecule has 2 N–H and O–H groups in total. The molecule has 4 nitrogen and oxygen atoms in total. The molecule has 0 radical (unpaired) electrons. The molecule has 0 atom stereocenters. The fraction of sp³-hybridized carbons (Fsp3) is 0.0667. The Morgan fingerprint density at radius 3 is 2.86 bits per heavy atom. The summed E-state index contributed by atoms with van der Waals surface area (Å²) in [5, 5.41) is 4.36. The summed E-state index contributed by atoms with van der Waals surface area (Å²) in [6.45, 7) is 0. The maximum absolute atomic E-state index is 13.1. The van der Waals surface area contributed by atoms with E-state index in [9.17, 15) is 4.39 Å². The van der Waals surface area contributed by atoms with Gasteiger partial charge in [0, 0.05) is 12.1 Å². The van der Waals surface area contributed by atoms with Crippen molar-refractivity contribution < 1.29 is 8.91 Å². The van der Waals surface area contributed by atoms with Crippen molar-refractivity contribution in [3.8, 4) is 11.5 Å². The van der Waals surface area contributed by atoms with E-state index >= 15 is 0 Å². The highest BCUT2D eigenvalue weighted by molar-refractivity contribution is 6.33. The molecule has 0 unspecified atom stereocenters. The van der Waals surface area contributed by atoms with E-state index in [2.05, 4.69) is 10.1 Å². The van der Waals surface area contributed by atoms with Crippen LogP contribution < -0.4 is 5.73 Å². The van der Waals surface area contributed by atoms with Gasteiger partial charge in [0.05, 0.1) is 10.6 Å². The zero-order valence-corrected chi connectivity index (χ0v) is 11.6. The summed E-state index contributed by atoms with van der Waals surface area (Å²) in [6.07, 6.45) is 0.376. The van der Waals surface area contributed by atoms with Crippen LogP contribution in [0.1, 0.15) is 11.4 Å². The van der Waals surface area contributed by atoms with Crippen LogP contribution in [0, 0.1) is 5.82 Å². The van der Waals surface area contributed by atoms with Crippen molar-refractivity contribution >= 4 is 17.3 Å². The summed E-state index contributed by atoms with van der Waals surface area (Å²) >= 11 is 6.09.